The van der Waals surface area contributed by atoms with Crippen LogP contribution in [0.2, 0.25) is 0 Å². The van der Waals surface area contributed by atoms with Gasteiger partial charge in [0.1, 0.15) is 5.78 Å². The van der Waals surface area contributed by atoms with Crippen molar-refractivity contribution in [2.24, 2.45) is 11.3 Å². The molecule has 4 nitrogen and oxygen atoms in total. The molecule has 0 heterocycles. The zero-order chi connectivity index (χ0) is 20.2. The average molecular weight is 385 g/mol. The van der Waals surface area contributed by atoms with Gasteiger partial charge in [-0.2, -0.15) is 0 Å². The highest BCUT2D eigenvalue weighted by Crippen LogP contribution is 2.45. The first kappa shape index (κ1) is 24.6. The lowest BCUT2D eigenvalue weighted by molar-refractivity contribution is -0.403. The van der Waals surface area contributed by atoms with Gasteiger partial charge in [0.05, 0.1) is 0 Å². The van der Waals surface area contributed by atoms with Crippen LogP contribution >= 0.6 is 0 Å². The summed E-state index contributed by atoms with van der Waals surface area (Å²) < 4.78 is 18.3. The third-order valence-corrected chi connectivity index (χ3v) is 5.79. The van der Waals surface area contributed by atoms with Gasteiger partial charge >= 0.3 is 0 Å². The summed E-state index contributed by atoms with van der Waals surface area (Å²) in [4.78, 5) is 11.5. The first-order chi connectivity index (χ1) is 12.9. The maximum absolute atomic E-state index is 11.5. The minimum atomic E-state index is -0.939. The fourth-order valence-electron chi connectivity index (χ4n) is 4.35. The summed E-state index contributed by atoms with van der Waals surface area (Å²) in [7, 11) is 0. The van der Waals surface area contributed by atoms with E-state index in [0.717, 1.165) is 32.1 Å². The van der Waals surface area contributed by atoms with Crippen LogP contribution in [0.15, 0.2) is 0 Å². The van der Waals surface area contributed by atoms with Crippen molar-refractivity contribution in [3.63, 3.8) is 0 Å². The average Bonchev–Trinajstić information content (AvgIpc) is 2.59. The van der Waals surface area contributed by atoms with Gasteiger partial charge in [-0.15, -0.1) is 0 Å². The third kappa shape index (κ3) is 8.21. The van der Waals surface area contributed by atoms with E-state index in [-0.39, 0.29) is 11.3 Å². The van der Waals surface area contributed by atoms with Gasteiger partial charge in [0, 0.05) is 38.6 Å². The number of hydrogen-bond acceptors (Lipinski definition) is 4. The number of unbranched alkanes of at least 4 members (excludes halogenated alkanes) is 5. The van der Waals surface area contributed by atoms with Crippen LogP contribution in [0.4, 0.5) is 0 Å². The van der Waals surface area contributed by atoms with Crippen molar-refractivity contribution >= 4 is 5.78 Å². The standard InChI is InChI=1S/C23H44O4/c1-6-10-11-12-13-14-15-20(16-17-22(5)18-21(24)19-22)23(25-7-2,26-8-3)27-9-4/h20H,6-19H2,1-5H3. The van der Waals surface area contributed by atoms with E-state index < -0.39 is 5.97 Å². The minimum absolute atomic E-state index is 0.160. The molecular formula is C23H44O4. The van der Waals surface area contributed by atoms with Gasteiger partial charge in [-0.25, -0.2) is 0 Å². The Morgan fingerprint density at radius 1 is 0.852 bits per heavy atom. The number of Topliss-reactive ketones (excluding diaryl/α,β-unsaturated/α-hetero) is 1. The predicted molar refractivity (Wildman–Crippen MR) is 111 cm³/mol. The van der Waals surface area contributed by atoms with E-state index in [1.807, 2.05) is 20.8 Å². The second-order valence-electron chi connectivity index (χ2n) is 8.40. The van der Waals surface area contributed by atoms with Gasteiger partial charge in [-0.1, -0.05) is 52.4 Å². The van der Waals surface area contributed by atoms with E-state index in [0.29, 0.717) is 25.6 Å². The number of ketones is 1. The Bertz CT molecular complexity index is 382. The van der Waals surface area contributed by atoms with Crippen LogP contribution in [-0.2, 0) is 19.0 Å². The molecule has 1 unspecified atom stereocenters. The summed E-state index contributed by atoms with van der Waals surface area (Å²) in [6, 6.07) is 0. The Balaban J connectivity index is 2.73. The van der Waals surface area contributed by atoms with E-state index in [1.165, 1.54) is 38.5 Å². The predicted octanol–water partition coefficient (Wildman–Crippen LogP) is 6.27. The van der Waals surface area contributed by atoms with Crippen molar-refractivity contribution in [3.8, 4) is 0 Å². The van der Waals surface area contributed by atoms with Crippen molar-refractivity contribution in [1.29, 1.82) is 0 Å². The smallest absolute Gasteiger partial charge is 0.285 e. The molecule has 0 aromatic rings. The highest BCUT2D eigenvalue weighted by molar-refractivity contribution is 5.85. The lowest BCUT2D eigenvalue weighted by atomic mass is 9.65. The zero-order valence-electron chi connectivity index (χ0n) is 18.6. The van der Waals surface area contributed by atoms with Crippen molar-refractivity contribution in [2.45, 2.75) is 111 Å². The molecule has 0 aliphatic heterocycles. The fourth-order valence-corrected chi connectivity index (χ4v) is 4.35. The molecule has 1 saturated carbocycles. The van der Waals surface area contributed by atoms with Crippen molar-refractivity contribution in [2.75, 3.05) is 19.8 Å². The molecule has 0 N–H and O–H groups in total. The summed E-state index contributed by atoms with van der Waals surface area (Å²) in [5.41, 5.74) is 0.160. The number of carbonyl (C=O) groups is 1. The summed E-state index contributed by atoms with van der Waals surface area (Å²) in [5.74, 6) is -0.335. The van der Waals surface area contributed by atoms with Gasteiger partial charge in [0.15, 0.2) is 0 Å². The largest absolute Gasteiger partial charge is 0.328 e. The molecule has 1 rings (SSSR count). The summed E-state index contributed by atoms with van der Waals surface area (Å²) >= 11 is 0. The van der Waals surface area contributed by atoms with Crippen LogP contribution in [0.25, 0.3) is 0 Å². The summed E-state index contributed by atoms with van der Waals surface area (Å²) in [5, 5.41) is 0. The molecular weight excluding hydrogens is 340 g/mol. The Morgan fingerprint density at radius 3 is 1.85 bits per heavy atom. The van der Waals surface area contributed by atoms with Crippen LogP contribution in [-0.4, -0.2) is 31.6 Å². The van der Waals surface area contributed by atoms with Gasteiger partial charge in [-0.3, -0.25) is 4.79 Å². The molecule has 0 aromatic carbocycles. The number of carbonyl (C=O) groups excluding carboxylic acids is 1. The SMILES string of the molecule is CCCCCCCCC(CCC1(C)CC(=O)C1)C(OCC)(OCC)OCC. The van der Waals surface area contributed by atoms with Crippen molar-refractivity contribution in [1.82, 2.24) is 0 Å². The first-order valence-electron chi connectivity index (χ1n) is 11.4. The number of hydrogen-bond donors (Lipinski definition) is 0. The third-order valence-electron chi connectivity index (χ3n) is 5.79. The highest BCUT2D eigenvalue weighted by Gasteiger charge is 2.45. The Labute approximate surface area is 167 Å². The number of rotatable bonds is 17. The van der Waals surface area contributed by atoms with E-state index in [9.17, 15) is 4.79 Å². The van der Waals surface area contributed by atoms with Gasteiger partial charge in [-0.05, 0) is 45.4 Å². The van der Waals surface area contributed by atoms with E-state index in [2.05, 4.69) is 13.8 Å². The molecule has 1 fully saturated rings. The molecule has 1 aliphatic rings. The minimum Gasteiger partial charge on any atom is -0.328 e. The van der Waals surface area contributed by atoms with Crippen molar-refractivity contribution in [3.05, 3.63) is 0 Å². The maximum atomic E-state index is 11.5. The Morgan fingerprint density at radius 2 is 1.37 bits per heavy atom. The lowest BCUT2D eigenvalue weighted by Crippen LogP contribution is -2.47. The molecule has 0 spiro atoms. The Hall–Kier alpha value is -0.450. The van der Waals surface area contributed by atoms with E-state index in [4.69, 9.17) is 14.2 Å². The fraction of sp³-hybridized carbons (Fsp3) is 0.957. The Kier molecular flexibility index (Phi) is 11.7. The quantitative estimate of drug-likeness (QED) is 0.219. The van der Waals surface area contributed by atoms with Crippen LogP contribution in [0.1, 0.15) is 105 Å². The number of ether oxygens (including phenoxy) is 3. The molecule has 160 valence electrons. The molecule has 1 atom stereocenters. The first-order valence-corrected chi connectivity index (χ1v) is 11.4. The monoisotopic (exact) mass is 384 g/mol. The van der Waals surface area contributed by atoms with Crippen molar-refractivity contribution < 1.29 is 19.0 Å². The van der Waals surface area contributed by atoms with Crippen LogP contribution in [0.5, 0.6) is 0 Å². The van der Waals surface area contributed by atoms with Crippen LogP contribution in [0, 0.1) is 11.3 Å². The molecule has 0 bridgehead atoms. The van der Waals surface area contributed by atoms with Gasteiger partial charge < -0.3 is 14.2 Å². The lowest BCUT2D eigenvalue weighted by Gasteiger charge is -2.42. The van der Waals surface area contributed by atoms with Crippen LogP contribution in [0.3, 0.4) is 0 Å². The zero-order valence-corrected chi connectivity index (χ0v) is 18.6. The van der Waals surface area contributed by atoms with Crippen LogP contribution < -0.4 is 0 Å². The molecule has 0 saturated heterocycles. The van der Waals surface area contributed by atoms with Gasteiger partial charge in [0.2, 0.25) is 0 Å². The molecule has 27 heavy (non-hydrogen) atoms. The van der Waals surface area contributed by atoms with E-state index in [1.54, 1.807) is 0 Å². The maximum Gasteiger partial charge on any atom is 0.285 e. The summed E-state index contributed by atoms with van der Waals surface area (Å²) in [6.45, 7) is 12.2. The van der Waals surface area contributed by atoms with E-state index >= 15 is 0 Å². The second kappa shape index (κ2) is 12.9. The normalized spacial score (nSPS) is 17.7. The topological polar surface area (TPSA) is 44.8 Å². The summed E-state index contributed by atoms with van der Waals surface area (Å²) in [6.07, 6.45) is 12.2. The molecule has 0 radical (unpaired) electrons. The van der Waals surface area contributed by atoms with Gasteiger partial charge in [0.25, 0.3) is 5.97 Å². The second-order valence-corrected chi connectivity index (χ2v) is 8.40. The molecule has 0 amide bonds. The molecule has 1 aliphatic carbocycles. The molecule has 4 heteroatoms. The highest BCUT2D eigenvalue weighted by atomic mass is 16.9. The molecule has 0 aromatic heterocycles.